The molecule has 0 amide bonds. The van der Waals surface area contributed by atoms with Crippen molar-refractivity contribution in [1.82, 2.24) is 10.2 Å². The highest BCUT2D eigenvalue weighted by atomic mass is 16.5. The normalized spacial score (nSPS) is 40.8. The number of nitrogens with zero attached hydrogens (tertiary/aromatic N) is 1. The summed E-state index contributed by atoms with van der Waals surface area (Å²) in [5.41, 5.74) is 0.254. The van der Waals surface area contributed by atoms with Crippen LogP contribution in [-0.2, 0) is 4.74 Å². The van der Waals surface area contributed by atoms with Gasteiger partial charge in [0.05, 0.1) is 6.61 Å². The van der Waals surface area contributed by atoms with E-state index in [9.17, 15) is 0 Å². The standard InChI is InChI=1S/C14H28N2O/c1-11(2)13-8-15-12(3)9-16(13)14(4)6-5-7-17-10-14/h11-13,15H,5-10H2,1-4H3. The molecule has 3 unspecified atom stereocenters. The van der Waals surface area contributed by atoms with Gasteiger partial charge in [-0.3, -0.25) is 4.90 Å². The van der Waals surface area contributed by atoms with Gasteiger partial charge in [0.2, 0.25) is 0 Å². The van der Waals surface area contributed by atoms with Crippen LogP contribution in [0.15, 0.2) is 0 Å². The minimum absolute atomic E-state index is 0.254. The summed E-state index contributed by atoms with van der Waals surface area (Å²) in [5, 5.41) is 3.62. The van der Waals surface area contributed by atoms with E-state index in [1.54, 1.807) is 0 Å². The topological polar surface area (TPSA) is 24.5 Å². The fourth-order valence-corrected chi connectivity index (χ4v) is 3.29. The molecule has 0 aromatic rings. The van der Waals surface area contributed by atoms with Crippen molar-refractivity contribution >= 4 is 0 Å². The molecule has 2 aliphatic heterocycles. The molecular weight excluding hydrogens is 212 g/mol. The molecule has 100 valence electrons. The summed E-state index contributed by atoms with van der Waals surface area (Å²) in [6.45, 7) is 13.5. The Morgan fingerprint density at radius 1 is 1.41 bits per heavy atom. The third-order valence-corrected chi connectivity index (χ3v) is 4.43. The van der Waals surface area contributed by atoms with Crippen molar-refractivity contribution in [2.45, 2.75) is 58.2 Å². The fraction of sp³-hybridized carbons (Fsp3) is 1.00. The molecule has 0 spiro atoms. The van der Waals surface area contributed by atoms with E-state index in [1.807, 2.05) is 0 Å². The van der Waals surface area contributed by atoms with Crippen molar-refractivity contribution in [1.29, 1.82) is 0 Å². The highest BCUT2D eigenvalue weighted by Gasteiger charge is 2.41. The zero-order chi connectivity index (χ0) is 12.5. The Kier molecular flexibility index (Phi) is 4.11. The number of nitrogens with one attached hydrogen (secondary N) is 1. The second-order valence-corrected chi connectivity index (χ2v) is 6.43. The first-order chi connectivity index (χ1) is 8.03. The van der Waals surface area contributed by atoms with Crippen LogP contribution < -0.4 is 5.32 Å². The average molecular weight is 240 g/mol. The Morgan fingerprint density at radius 2 is 2.18 bits per heavy atom. The number of ether oxygens (including phenoxy) is 1. The van der Waals surface area contributed by atoms with Gasteiger partial charge >= 0.3 is 0 Å². The zero-order valence-corrected chi connectivity index (χ0v) is 11.8. The van der Waals surface area contributed by atoms with Crippen LogP contribution >= 0.6 is 0 Å². The summed E-state index contributed by atoms with van der Waals surface area (Å²) < 4.78 is 5.74. The van der Waals surface area contributed by atoms with Crippen LogP contribution in [0.4, 0.5) is 0 Å². The molecule has 0 bridgehead atoms. The van der Waals surface area contributed by atoms with Crippen molar-refractivity contribution in [2.24, 2.45) is 5.92 Å². The van der Waals surface area contributed by atoms with Crippen LogP contribution in [0.5, 0.6) is 0 Å². The molecule has 0 radical (unpaired) electrons. The van der Waals surface area contributed by atoms with Crippen LogP contribution in [0, 0.1) is 5.92 Å². The lowest BCUT2D eigenvalue weighted by atomic mass is 9.86. The molecule has 0 aromatic carbocycles. The van der Waals surface area contributed by atoms with Gasteiger partial charge in [0.25, 0.3) is 0 Å². The summed E-state index contributed by atoms with van der Waals surface area (Å²) in [5.74, 6) is 0.703. The van der Waals surface area contributed by atoms with Crippen molar-refractivity contribution in [2.75, 3.05) is 26.3 Å². The SMILES string of the molecule is CC1CN(C2(C)CCCOC2)C(C(C)C)CN1. The van der Waals surface area contributed by atoms with Gasteiger partial charge in [-0.05, 0) is 32.6 Å². The van der Waals surface area contributed by atoms with E-state index in [2.05, 4.69) is 37.9 Å². The van der Waals surface area contributed by atoms with Crippen molar-refractivity contribution in [3.63, 3.8) is 0 Å². The number of hydrogen-bond donors (Lipinski definition) is 1. The largest absolute Gasteiger partial charge is 0.380 e. The third-order valence-electron chi connectivity index (χ3n) is 4.43. The van der Waals surface area contributed by atoms with E-state index in [0.29, 0.717) is 18.0 Å². The Morgan fingerprint density at radius 3 is 2.76 bits per heavy atom. The van der Waals surface area contributed by atoms with Crippen molar-refractivity contribution < 1.29 is 4.74 Å². The molecule has 0 aliphatic carbocycles. The second-order valence-electron chi connectivity index (χ2n) is 6.43. The van der Waals surface area contributed by atoms with Crippen LogP contribution in [0.1, 0.15) is 40.5 Å². The third kappa shape index (κ3) is 2.83. The summed E-state index contributed by atoms with van der Waals surface area (Å²) in [4.78, 5) is 2.72. The lowest BCUT2D eigenvalue weighted by molar-refractivity contribution is -0.0788. The molecule has 1 N–H and O–H groups in total. The Balaban J connectivity index is 2.12. The average Bonchev–Trinajstić information content (AvgIpc) is 2.29. The molecular formula is C14H28N2O. The first-order valence-corrected chi connectivity index (χ1v) is 7.11. The van der Waals surface area contributed by atoms with Crippen molar-refractivity contribution in [3.05, 3.63) is 0 Å². The molecule has 2 rings (SSSR count). The van der Waals surface area contributed by atoms with Gasteiger partial charge in [-0.25, -0.2) is 0 Å². The fourth-order valence-electron chi connectivity index (χ4n) is 3.29. The first kappa shape index (κ1) is 13.3. The monoisotopic (exact) mass is 240 g/mol. The van der Waals surface area contributed by atoms with Gasteiger partial charge < -0.3 is 10.1 Å². The predicted octanol–water partition coefficient (Wildman–Crippen LogP) is 1.87. The quantitative estimate of drug-likeness (QED) is 0.797. The van der Waals surface area contributed by atoms with Crippen LogP contribution in [0.25, 0.3) is 0 Å². The number of piperazine rings is 1. The molecule has 0 saturated carbocycles. The van der Waals surface area contributed by atoms with Gasteiger partial charge in [-0.1, -0.05) is 13.8 Å². The molecule has 2 heterocycles. The molecule has 3 atom stereocenters. The molecule has 17 heavy (non-hydrogen) atoms. The molecule has 3 heteroatoms. The molecule has 2 aliphatic rings. The van der Waals surface area contributed by atoms with Gasteiger partial charge in [-0.15, -0.1) is 0 Å². The van der Waals surface area contributed by atoms with Gasteiger partial charge in [0.1, 0.15) is 0 Å². The minimum Gasteiger partial charge on any atom is -0.380 e. The van der Waals surface area contributed by atoms with E-state index in [4.69, 9.17) is 4.74 Å². The van der Waals surface area contributed by atoms with Crippen molar-refractivity contribution in [3.8, 4) is 0 Å². The minimum atomic E-state index is 0.254. The summed E-state index contributed by atoms with van der Waals surface area (Å²) in [7, 11) is 0. The second kappa shape index (κ2) is 5.25. The first-order valence-electron chi connectivity index (χ1n) is 7.11. The zero-order valence-electron chi connectivity index (χ0n) is 11.8. The smallest absolute Gasteiger partial charge is 0.0647 e. The number of rotatable bonds is 2. The van der Waals surface area contributed by atoms with E-state index in [0.717, 1.165) is 26.3 Å². The van der Waals surface area contributed by atoms with E-state index < -0.39 is 0 Å². The van der Waals surface area contributed by atoms with Gasteiger partial charge in [0.15, 0.2) is 0 Å². The summed E-state index contributed by atoms with van der Waals surface area (Å²) in [6.07, 6.45) is 2.49. The maximum Gasteiger partial charge on any atom is 0.0647 e. The molecule has 2 fully saturated rings. The van der Waals surface area contributed by atoms with Crippen LogP contribution in [0.2, 0.25) is 0 Å². The summed E-state index contributed by atoms with van der Waals surface area (Å²) in [6, 6.07) is 1.25. The maximum atomic E-state index is 5.74. The van der Waals surface area contributed by atoms with Gasteiger partial charge in [0, 0.05) is 37.3 Å². The molecule has 2 saturated heterocycles. The molecule has 3 nitrogen and oxygen atoms in total. The highest BCUT2D eigenvalue weighted by molar-refractivity contribution is 4.97. The lowest BCUT2D eigenvalue weighted by Crippen LogP contribution is -2.66. The maximum absolute atomic E-state index is 5.74. The van der Waals surface area contributed by atoms with Gasteiger partial charge in [-0.2, -0.15) is 0 Å². The highest BCUT2D eigenvalue weighted by Crippen LogP contribution is 2.31. The Labute approximate surface area is 106 Å². The Hall–Kier alpha value is -0.120. The molecule has 0 aromatic heterocycles. The Bertz CT molecular complexity index is 249. The van der Waals surface area contributed by atoms with E-state index in [-0.39, 0.29) is 5.54 Å². The lowest BCUT2D eigenvalue weighted by Gasteiger charge is -2.52. The van der Waals surface area contributed by atoms with E-state index >= 15 is 0 Å². The summed E-state index contributed by atoms with van der Waals surface area (Å²) >= 11 is 0. The van der Waals surface area contributed by atoms with Crippen LogP contribution in [0.3, 0.4) is 0 Å². The number of hydrogen-bond acceptors (Lipinski definition) is 3. The predicted molar refractivity (Wildman–Crippen MR) is 71.3 cm³/mol. The van der Waals surface area contributed by atoms with E-state index in [1.165, 1.54) is 12.8 Å². The van der Waals surface area contributed by atoms with Crippen LogP contribution in [-0.4, -0.2) is 48.8 Å².